The largest absolute Gasteiger partial charge is 0.389 e. The van der Waals surface area contributed by atoms with E-state index in [1.165, 1.54) is 0 Å². The highest BCUT2D eigenvalue weighted by atomic mass is 32.2. The minimum Gasteiger partial charge on any atom is -0.353 e. The Morgan fingerprint density at radius 1 is 1.33 bits per heavy atom. The van der Waals surface area contributed by atoms with Crippen molar-refractivity contribution in [2.45, 2.75) is 38.1 Å². The van der Waals surface area contributed by atoms with E-state index in [4.69, 9.17) is 9.47 Å². The molecule has 1 heterocycles. The number of thioether (sulfide) groups is 1. The minimum absolute atomic E-state index is 0.0518. The van der Waals surface area contributed by atoms with E-state index in [0.29, 0.717) is 6.61 Å². The van der Waals surface area contributed by atoms with Gasteiger partial charge in [-0.1, -0.05) is 0 Å². The van der Waals surface area contributed by atoms with Gasteiger partial charge >= 0.3 is 6.18 Å². The van der Waals surface area contributed by atoms with Crippen molar-refractivity contribution < 1.29 is 22.6 Å². The lowest BCUT2D eigenvalue weighted by Crippen LogP contribution is -2.22. The van der Waals surface area contributed by atoms with Crippen molar-refractivity contribution in [1.82, 2.24) is 0 Å². The van der Waals surface area contributed by atoms with Crippen LogP contribution >= 0.6 is 11.8 Å². The maximum Gasteiger partial charge on any atom is 0.389 e. The molecule has 2 nitrogen and oxygen atoms in total. The van der Waals surface area contributed by atoms with Gasteiger partial charge in [-0.15, -0.1) is 11.8 Å². The molecule has 0 aromatic rings. The monoisotopic (exact) mass is 244 g/mol. The highest BCUT2D eigenvalue weighted by Gasteiger charge is 2.26. The van der Waals surface area contributed by atoms with Crippen LogP contribution in [0.3, 0.4) is 0 Å². The smallest absolute Gasteiger partial charge is 0.353 e. The molecule has 0 aromatic carbocycles. The van der Waals surface area contributed by atoms with E-state index in [-0.39, 0.29) is 18.0 Å². The molecular formula is C9H15F3O2S. The second kappa shape index (κ2) is 6.60. The van der Waals surface area contributed by atoms with Gasteiger partial charge in [0.25, 0.3) is 0 Å². The maximum atomic E-state index is 11.8. The Morgan fingerprint density at radius 2 is 2.13 bits per heavy atom. The summed E-state index contributed by atoms with van der Waals surface area (Å²) in [5, 5.41) is 0. The molecule has 1 atom stereocenters. The van der Waals surface area contributed by atoms with E-state index in [1.807, 2.05) is 0 Å². The van der Waals surface area contributed by atoms with Gasteiger partial charge in [-0.2, -0.15) is 13.2 Å². The van der Waals surface area contributed by atoms with Crippen molar-refractivity contribution in [3.63, 3.8) is 0 Å². The fourth-order valence-corrected chi connectivity index (χ4v) is 1.96. The summed E-state index contributed by atoms with van der Waals surface area (Å²) < 4.78 is 45.8. The third kappa shape index (κ3) is 7.03. The van der Waals surface area contributed by atoms with Gasteiger partial charge in [-0.05, 0) is 19.3 Å². The van der Waals surface area contributed by atoms with Crippen LogP contribution in [-0.4, -0.2) is 30.8 Å². The van der Waals surface area contributed by atoms with E-state index < -0.39 is 12.6 Å². The average Bonchev–Trinajstić information content (AvgIpc) is 2.17. The van der Waals surface area contributed by atoms with Gasteiger partial charge in [0.15, 0.2) is 6.29 Å². The fourth-order valence-electron chi connectivity index (χ4n) is 1.21. The molecule has 0 spiro atoms. The lowest BCUT2D eigenvalue weighted by molar-refractivity contribution is -0.149. The standard InChI is InChI=1S/C9H15F3O2S/c10-9(11,12)4-6-15-7-14-8-3-1-2-5-13-8/h8H,1-7H2. The number of alkyl halides is 3. The molecule has 0 radical (unpaired) electrons. The van der Waals surface area contributed by atoms with Crippen LogP contribution in [0.2, 0.25) is 0 Å². The fraction of sp³-hybridized carbons (Fsp3) is 1.00. The topological polar surface area (TPSA) is 18.5 Å². The number of halogens is 3. The molecule has 1 aliphatic heterocycles. The van der Waals surface area contributed by atoms with Gasteiger partial charge in [0.2, 0.25) is 0 Å². The molecule has 90 valence electrons. The van der Waals surface area contributed by atoms with Crippen LogP contribution in [0.4, 0.5) is 13.2 Å². The molecule has 0 bridgehead atoms. The summed E-state index contributed by atoms with van der Waals surface area (Å²) >= 11 is 1.15. The third-order valence-corrected chi connectivity index (χ3v) is 2.80. The Hall–Kier alpha value is 0.0600. The van der Waals surface area contributed by atoms with Crippen LogP contribution in [0.1, 0.15) is 25.7 Å². The quantitative estimate of drug-likeness (QED) is 0.546. The van der Waals surface area contributed by atoms with Gasteiger partial charge < -0.3 is 9.47 Å². The normalized spacial score (nSPS) is 23.0. The first-order valence-corrected chi connectivity index (χ1v) is 6.11. The van der Waals surface area contributed by atoms with E-state index in [2.05, 4.69) is 0 Å². The summed E-state index contributed by atoms with van der Waals surface area (Å²) in [4.78, 5) is 0. The Kier molecular flexibility index (Phi) is 5.78. The molecule has 0 aromatic heterocycles. The lowest BCUT2D eigenvalue weighted by Gasteiger charge is -2.22. The van der Waals surface area contributed by atoms with Crippen molar-refractivity contribution in [2.75, 3.05) is 18.3 Å². The Morgan fingerprint density at radius 3 is 2.73 bits per heavy atom. The second-order valence-corrected chi connectivity index (χ2v) is 4.41. The maximum absolute atomic E-state index is 11.8. The van der Waals surface area contributed by atoms with Crippen LogP contribution in [0, 0.1) is 0 Å². The molecule has 1 aliphatic rings. The molecule has 0 saturated carbocycles. The van der Waals surface area contributed by atoms with E-state index in [1.54, 1.807) is 0 Å². The highest BCUT2D eigenvalue weighted by Crippen LogP contribution is 2.22. The molecule has 1 saturated heterocycles. The van der Waals surface area contributed by atoms with Gasteiger partial charge in [0, 0.05) is 12.4 Å². The van der Waals surface area contributed by atoms with Crippen LogP contribution in [-0.2, 0) is 9.47 Å². The predicted octanol–water partition coefficient (Wildman–Crippen LogP) is 3.17. The average molecular weight is 244 g/mol. The summed E-state index contributed by atoms with van der Waals surface area (Å²) in [7, 11) is 0. The number of rotatable bonds is 5. The van der Waals surface area contributed by atoms with Crippen molar-refractivity contribution in [3.8, 4) is 0 Å². The molecule has 0 N–H and O–H groups in total. The molecule has 0 aliphatic carbocycles. The van der Waals surface area contributed by atoms with Crippen molar-refractivity contribution >= 4 is 11.8 Å². The van der Waals surface area contributed by atoms with E-state index >= 15 is 0 Å². The Balaban J connectivity index is 1.92. The summed E-state index contributed by atoms with van der Waals surface area (Å²) in [5.41, 5.74) is 0. The van der Waals surface area contributed by atoms with Gasteiger partial charge in [0.1, 0.15) is 0 Å². The lowest BCUT2D eigenvalue weighted by atomic mass is 10.2. The molecular weight excluding hydrogens is 229 g/mol. The van der Waals surface area contributed by atoms with Crippen LogP contribution in [0.15, 0.2) is 0 Å². The number of ether oxygens (including phenoxy) is 2. The zero-order chi connectivity index (χ0) is 11.1. The molecule has 1 rings (SSSR count). The zero-order valence-electron chi connectivity index (χ0n) is 8.39. The number of hydrogen-bond donors (Lipinski definition) is 0. The predicted molar refractivity (Wildman–Crippen MR) is 52.7 cm³/mol. The SMILES string of the molecule is FC(F)(F)CCSCOC1CCCCO1. The number of hydrogen-bond acceptors (Lipinski definition) is 3. The highest BCUT2D eigenvalue weighted by molar-refractivity contribution is 7.99. The Labute approximate surface area is 91.5 Å². The minimum atomic E-state index is -4.06. The molecule has 6 heteroatoms. The summed E-state index contributed by atoms with van der Waals surface area (Å²) in [5.74, 6) is 0.330. The molecule has 15 heavy (non-hydrogen) atoms. The molecule has 1 fully saturated rings. The van der Waals surface area contributed by atoms with Crippen LogP contribution in [0.25, 0.3) is 0 Å². The van der Waals surface area contributed by atoms with E-state index in [0.717, 1.165) is 31.0 Å². The Bertz CT molecular complexity index is 169. The van der Waals surface area contributed by atoms with Gasteiger partial charge in [0.05, 0.1) is 12.4 Å². The van der Waals surface area contributed by atoms with Crippen LogP contribution in [0.5, 0.6) is 0 Å². The first-order valence-electron chi connectivity index (χ1n) is 4.95. The summed E-state index contributed by atoms with van der Waals surface area (Å²) in [6.07, 6.45) is -2.07. The van der Waals surface area contributed by atoms with Crippen molar-refractivity contribution in [2.24, 2.45) is 0 Å². The van der Waals surface area contributed by atoms with E-state index in [9.17, 15) is 13.2 Å². The van der Waals surface area contributed by atoms with Crippen molar-refractivity contribution in [3.05, 3.63) is 0 Å². The zero-order valence-corrected chi connectivity index (χ0v) is 9.20. The first-order chi connectivity index (χ1) is 7.08. The summed E-state index contributed by atoms with van der Waals surface area (Å²) in [6, 6.07) is 0. The third-order valence-electron chi connectivity index (χ3n) is 2.01. The van der Waals surface area contributed by atoms with Crippen molar-refractivity contribution in [1.29, 1.82) is 0 Å². The van der Waals surface area contributed by atoms with Crippen LogP contribution < -0.4 is 0 Å². The van der Waals surface area contributed by atoms with Gasteiger partial charge in [-0.25, -0.2) is 0 Å². The summed E-state index contributed by atoms with van der Waals surface area (Å²) in [6.45, 7) is 0.692. The second-order valence-electron chi connectivity index (χ2n) is 3.35. The molecule has 1 unspecified atom stereocenters. The molecule has 0 amide bonds. The van der Waals surface area contributed by atoms with Gasteiger partial charge in [-0.3, -0.25) is 0 Å². The first kappa shape index (κ1) is 13.1.